The van der Waals surface area contributed by atoms with E-state index in [0.717, 1.165) is 37.1 Å². The van der Waals surface area contributed by atoms with Gasteiger partial charge in [-0.25, -0.2) is 0 Å². The third kappa shape index (κ3) is 3.25. The van der Waals surface area contributed by atoms with Crippen molar-refractivity contribution in [3.8, 4) is 11.4 Å². The summed E-state index contributed by atoms with van der Waals surface area (Å²) in [5.41, 5.74) is 4.30. The van der Waals surface area contributed by atoms with Crippen molar-refractivity contribution in [2.75, 3.05) is 11.4 Å². The number of anilines is 1. The Bertz CT molecular complexity index is 918. The molecule has 1 aliphatic rings. The number of carbonyl (C=O) groups is 1. The first-order chi connectivity index (χ1) is 12.7. The average molecular weight is 347 g/mol. The third-order valence-corrected chi connectivity index (χ3v) is 4.78. The first-order valence-corrected chi connectivity index (χ1v) is 9.05. The predicted molar refractivity (Wildman–Crippen MR) is 99.9 cm³/mol. The second-order valence-electron chi connectivity index (χ2n) is 6.49. The van der Waals surface area contributed by atoms with Crippen LogP contribution in [0.3, 0.4) is 0 Å². The molecule has 2 aromatic carbocycles. The number of aromatic nitrogens is 2. The SMILES string of the molecule is CCc1nc(-c2ccc3c(c2)CCN3C(=O)CCc2ccccc2)no1. The number of aryl methyl sites for hydroxylation is 2. The Hall–Kier alpha value is -2.95. The Balaban J connectivity index is 1.48. The molecule has 1 aliphatic heterocycles. The molecule has 1 aromatic heterocycles. The largest absolute Gasteiger partial charge is 0.339 e. The van der Waals surface area contributed by atoms with E-state index >= 15 is 0 Å². The highest BCUT2D eigenvalue weighted by Gasteiger charge is 2.25. The fourth-order valence-electron chi connectivity index (χ4n) is 3.35. The molecule has 0 saturated heterocycles. The number of rotatable bonds is 5. The van der Waals surface area contributed by atoms with Crippen molar-refractivity contribution in [2.45, 2.75) is 32.6 Å². The minimum Gasteiger partial charge on any atom is -0.339 e. The molecule has 0 spiro atoms. The summed E-state index contributed by atoms with van der Waals surface area (Å²) in [6.07, 6.45) is 2.88. The standard InChI is InChI=1S/C21H21N3O2/c1-2-19-22-21(23-26-19)17-9-10-18-16(14-17)12-13-24(18)20(25)11-8-15-6-4-3-5-7-15/h3-7,9-10,14H,2,8,11-13H2,1H3. The summed E-state index contributed by atoms with van der Waals surface area (Å²) in [5.74, 6) is 1.42. The summed E-state index contributed by atoms with van der Waals surface area (Å²) in [6, 6.07) is 16.2. The second kappa shape index (κ2) is 7.12. The highest BCUT2D eigenvalue weighted by atomic mass is 16.5. The van der Waals surface area contributed by atoms with Crippen molar-refractivity contribution in [2.24, 2.45) is 0 Å². The molecule has 3 aromatic rings. The molecule has 0 unspecified atom stereocenters. The molecule has 132 valence electrons. The van der Waals surface area contributed by atoms with Crippen LogP contribution in [0, 0.1) is 0 Å². The summed E-state index contributed by atoms with van der Waals surface area (Å²) >= 11 is 0. The molecule has 2 heterocycles. The molecular formula is C21H21N3O2. The van der Waals surface area contributed by atoms with Gasteiger partial charge < -0.3 is 9.42 Å². The Morgan fingerprint density at radius 3 is 2.81 bits per heavy atom. The van der Waals surface area contributed by atoms with Crippen LogP contribution in [0.2, 0.25) is 0 Å². The van der Waals surface area contributed by atoms with Crippen molar-refractivity contribution in [3.63, 3.8) is 0 Å². The normalized spacial score (nSPS) is 13.0. The van der Waals surface area contributed by atoms with Gasteiger partial charge in [0.1, 0.15) is 0 Å². The highest BCUT2D eigenvalue weighted by molar-refractivity contribution is 5.96. The minimum atomic E-state index is 0.174. The van der Waals surface area contributed by atoms with E-state index in [1.54, 1.807) is 0 Å². The zero-order valence-electron chi connectivity index (χ0n) is 14.8. The first kappa shape index (κ1) is 16.5. The zero-order chi connectivity index (χ0) is 17.9. The lowest BCUT2D eigenvalue weighted by Crippen LogP contribution is -2.29. The Labute approximate surface area is 152 Å². The van der Waals surface area contributed by atoms with Gasteiger partial charge >= 0.3 is 0 Å². The predicted octanol–water partition coefficient (Wildman–Crippen LogP) is 3.82. The van der Waals surface area contributed by atoms with Crippen molar-refractivity contribution in [1.29, 1.82) is 0 Å². The van der Waals surface area contributed by atoms with E-state index in [9.17, 15) is 4.79 Å². The maximum Gasteiger partial charge on any atom is 0.227 e. The van der Waals surface area contributed by atoms with Gasteiger partial charge in [0.2, 0.25) is 17.6 Å². The maximum atomic E-state index is 12.7. The van der Waals surface area contributed by atoms with Crippen LogP contribution in [-0.4, -0.2) is 22.6 Å². The van der Waals surface area contributed by atoms with E-state index in [1.807, 2.05) is 42.2 Å². The minimum absolute atomic E-state index is 0.174. The highest BCUT2D eigenvalue weighted by Crippen LogP contribution is 2.32. The zero-order valence-corrected chi connectivity index (χ0v) is 14.8. The molecule has 0 fully saturated rings. The van der Waals surface area contributed by atoms with Gasteiger partial charge in [-0.1, -0.05) is 42.4 Å². The van der Waals surface area contributed by atoms with Gasteiger partial charge in [0.05, 0.1) is 0 Å². The van der Waals surface area contributed by atoms with E-state index in [-0.39, 0.29) is 5.91 Å². The first-order valence-electron chi connectivity index (χ1n) is 9.05. The van der Waals surface area contributed by atoms with Gasteiger partial charge in [-0.3, -0.25) is 4.79 Å². The van der Waals surface area contributed by atoms with Crippen LogP contribution in [0.4, 0.5) is 5.69 Å². The summed E-state index contributed by atoms with van der Waals surface area (Å²) in [4.78, 5) is 18.9. The summed E-state index contributed by atoms with van der Waals surface area (Å²) in [7, 11) is 0. The molecule has 0 saturated carbocycles. The van der Waals surface area contributed by atoms with Crippen LogP contribution in [0.1, 0.15) is 30.4 Å². The Kier molecular flexibility index (Phi) is 4.52. The van der Waals surface area contributed by atoms with Crippen LogP contribution in [0.25, 0.3) is 11.4 Å². The molecular weight excluding hydrogens is 326 g/mol. The number of amides is 1. The number of hydrogen-bond acceptors (Lipinski definition) is 4. The number of fused-ring (bicyclic) bond motifs is 1. The van der Waals surface area contributed by atoms with Crippen LogP contribution in [0.15, 0.2) is 53.1 Å². The van der Waals surface area contributed by atoms with Crippen LogP contribution in [-0.2, 0) is 24.1 Å². The van der Waals surface area contributed by atoms with E-state index in [4.69, 9.17) is 4.52 Å². The van der Waals surface area contributed by atoms with Gasteiger partial charge in [-0.15, -0.1) is 0 Å². The number of carbonyl (C=O) groups excluding carboxylic acids is 1. The van der Waals surface area contributed by atoms with Gasteiger partial charge in [0.15, 0.2) is 0 Å². The van der Waals surface area contributed by atoms with Crippen molar-refractivity contribution in [1.82, 2.24) is 10.1 Å². The molecule has 1 amide bonds. The number of nitrogens with zero attached hydrogens (tertiary/aromatic N) is 3. The fraction of sp³-hybridized carbons (Fsp3) is 0.286. The monoisotopic (exact) mass is 347 g/mol. The fourth-order valence-corrected chi connectivity index (χ4v) is 3.35. The molecule has 5 heteroatoms. The van der Waals surface area contributed by atoms with Crippen LogP contribution in [0.5, 0.6) is 0 Å². The topological polar surface area (TPSA) is 59.2 Å². The molecule has 0 atom stereocenters. The number of benzene rings is 2. The molecule has 0 aliphatic carbocycles. The number of hydrogen-bond donors (Lipinski definition) is 0. The lowest BCUT2D eigenvalue weighted by molar-refractivity contribution is -0.118. The molecule has 0 radical (unpaired) electrons. The van der Waals surface area contributed by atoms with Crippen LogP contribution >= 0.6 is 0 Å². The van der Waals surface area contributed by atoms with Gasteiger partial charge in [0, 0.05) is 30.6 Å². The third-order valence-electron chi connectivity index (χ3n) is 4.78. The molecule has 0 N–H and O–H groups in total. The van der Waals surface area contributed by atoms with E-state index < -0.39 is 0 Å². The summed E-state index contributed by atoms with van der Waals surface area (Å²) in [5, 5.41) is 4.03. The van der Waals surface area contributed by atoms with Crippen molar-refractivity contribution >= 4 is 11.6 Å². The summed E-state index contributed by atoms with van der Waals surface area (Å²) < 4.78 is 5.20. The second-order valence-corrected chi connectivity index (χ2v) is 6.49. The molecule has 4 rings (SSSR count). The van der Waals surface area contributed by atoms with E-state index in [1.165, 1.54) is 11.1 Å². The van der Waals surface area contributed by atoms with Gasteiger partial charge in [-0.2, -0.15) is 4.98 Å². The molecule has 0 bridgehead atoms. The molecule has 5 nitrogen and oxygen atoms in total. The molecule has 26 heavy (non-hydrogen) atoms. The maximum absolute atomic E-state index is 12.7. The van der Waals surface area contributed by atoms with Crippen molar-refractivity contribution in [3.05, 3.63) is 65.5 Å². The Morgan fingerprint density at radius 2 is 2.04 bits per heavy atom. The van der Waals surface area contributed by atoms with E-state index in [0.29, 0.717) is 18.1 Å². The quantitative estimate of drug-likeness (QED) is 0.704. The lowest BCUT2D eigenvalue weighted by Gasteiger charge is -2.17. The smallest absolute Gasteiger partial charge is 0.227 e. The average Bonchev–Trinajstić information content (AvgIpc) is 3.33. The van der Waals surface area contributed by atoms with Crippen molar-refractivity contribution < 1.29 is 9.32 Å². The summed E-state index contributed by atoms with van der Waals surface area (Å²) in [6.45, 7) is 2.72. The van der Waals surface area contributed by atoms with Crippen LogP contribution < -0.4 is 4.90 Å². The Morgan fingerprint density at radius 1 is 1.19 bits per heavy atom. The van der Waals surface area contributed by atoms with Gasteiger partial charge in [-0.05, 0) is 42.2 Å². The lowest BCUT2D eigenvalue weighted by atomic mass is 10.1. The van der Waals surface area contributed by atoms with E-state index in [2.05, 4.69) is 28.3 Å². The van der Waals surface area contributed by atoms with Gasteiger partial charge in [0.25, 0.3) is 0 Å².